The Balaban J connectivity index is 2.23. The number of rotatable bonds is 4. The van der Waals surface area contributed by atoms with Crippen LogP contribution in [-0.2, 0) is 0 Å². The number of hydrogen-bond acceptors (Lipinski definition) is 2. The van der Waals surface area contributed by atoms with Gasteiger partial charge in [-0.15, -0.1) is 0 Å². The maximum absolute atomic E-state index is 13.7. The third-order valence-corrected chi connectivity index (χ3v) is 3.21. The molecule has 20 heavy (non-hydrogen) atoms. The van der Waals surface area contributed by atoms with Crippen molar-refractivity contribution in [3.05, 3.63) is 59.2 Å². The van der Waals surface area contributed by atoms with E-state index in [0.29, 0.717) is 0 Å². The Morgan fingerprint density at radius 3 is 2.30 bits per heavy atom. The molecule has 2 rings (SSSR count). The molecule has 0 aromatic heterocycles. The lowest BCUT2D eigenvalue weighted by Gasteiger charge is -2.18. The second-order valence-corrected chi connectivity index (χ2v) is 4.69. The van der Waals surface area contributed by atoms with E-state index in [1.807, 2.05) is 25.1 Å². The van der Waals surface area contributed by atoms with Crippen LogP contribution in [-0.4, -0.2) is 7.11 Å². The zero-order valence-electron chi connectivity index (χ0n) is 11.7. The second kappa shape index (κ2) is 5.90. The summed E-state index contributed by atoms with van der Waals surface area (Å²) in [6.07, 6.45) is 0. The minimum atomic E-state index is -0.546. The number of hydrogen-bond donors (Lipinski definition) is 1. The fourth-order valence-corrected chi connectivity index (χ4v) is 2.21. The number of ether oxygens (including phenoxy) is 1. The molecule has 2 aromatic carbocycles. The maximum atomic E-state index is 13.7. The Bertz CT molecular complexity index is 593. The lowest BCUT2D eigenvalue weighted by atomic mass is 10.1. The van der Waals surface area contributed by atoms with E-state index in [-0.39, 0.29) is 5.56 Å². The molecule has 0 saturated carbocycles. The lowest BCUT2D eigenvalue weighted by Crippen LogP contribution is -2.11. The Morgan fingerprint density at radius 2 is 1.75 bits per heavy atom. The number of benzene rings is 2. The normalized spacial score (nSPS) is 12.1. The standard InChI is InChI=1S/C16H17F2NO/c1-10-9-12(7-8-15(10)20-3)19-11(2)16-13(17)5-4-6-14(16)18/h4-9,11,19H,1-3H3. The molecule has 4 heteroatoms. The molecule has 0 aliphatic heterocycles. The van der Waals surface area contributed by atoms with Crippen LogP contribution in [0.25, 0.3) is 0 Å². The monoisotopic (exact) mass is 277 g/mol. The van der Waals surface area contributed by atoms with E-state index in [2.05, 4.69) is 5.32 Å². The summed E-state index contributed by atoms with van der Waals surface area (Å²) in [6.45, 7) is 3.64. The molecule has 0 bridgehead atoms. The van der Waals surface area contributed by atoms with E-state index in [9.17, 15) is 8.78 Å². The number of halogens is 2. The lowest BCUT2D eigenvalue weighted by molar-refractivity contribution is 0.412. The highest BCUT2D eigenvalue weighted by atomic mass is 19.1. The van der Waals surface area contributed by atoms with Gasteiger partial charge in [0, 0.05) is 11.3 Å². The van der Waals surface area contributed by atoms with Crippen molar-refractivity contribution in [1.29, 1.82) is 0 Å². The fraction of sp³-hybridized carbons (Fsp3) is 0.250. The molecule has 0 amide bonds. The predicted molar refractivity (Wildman–Crippen MR) is 76.1 cm³/mol. The summed E-state index contributed by atoms with van der Waals surface area (Å²) in [7, 11) is 1.60. The van der Waals surface area contributed by atoms with Crippen LogP contribution in [0.3, 0.4) is 0 Å². The van der Waals surface area contributed by atoms with Crippen LogP contribution in [0.5, 0.6) is 5.75 Å². The summed E-state index contributed by atoms with van der Waals surface area (Å²) in [6, 6.07) is 8.94. The summed E-state index contributed by atoms with van der Waals surface area (Å²) in [5.74, 6) is -0.314. The Labute approximate surface area is 117 Å². The zero-order valence-corrected chi connectivity index (χ0v) is 11.7. The number of anilines is 1. The molecule has 2 nitrogen and oxygen atoms in total. The van der Waals surface area contributed by atoms with Crippen LogP contribution in [0.1, 0.15) is 24.1 Å². The zero-order chi connectivity index (χ0) is 14.7. The topological polar surface area (TPSA) is 21.3 Å². The third-order valence-electron chi connectivity index (χ3n) is 3.21. The molecular formula is C16H17F2NO. The molecule has 0 aliphatic carbocycles. The van der Waals surface area contributed by atoms with Crippen molar-refractivity contribution >= 4 is 5.69 Å². The van der Waals surface area contributed by atoms with E-state index < -0.39 is 17.7 Å². The molecule has 1 atom stereocenters. The van der Waals surface area contributed by atoms with Gasteiger partial charge >= 0.3 is 0 Å². The molecule has 0 spiro atoms. The first kappa shape index (κ1) is 14.3. The second-order valence-electron chi connectivity index (χ2n) is 4.69. The molecule has 0 aliphatic rings. The molecule has 2 aromatic rings. The third kappa shape index (κ3) is 2.90. The minimum absolute atomic E-state index is 0.0426. The van der Waals surface area contributed by atoms with Gasteiger partial charge in [-0.05, 0) is 49.7 Å². The highest BCUT2D eigenvalue weighted by Gasteiger charge is 2.16. The van der Waals surface area contributed by atoms with Gasteiger partial charge in [0.05, 0.1) is 13.2 Å². The number of aryl methyl sites for hydroxylation is 1. The average molecular weight is 277 g/mol. The van der Waals surface area contributed by atoms with Gasteiger partial charge < -0.3 is 10.1 Å². The Kier molecular flexibility index (Phi) is 4.23. The number of methoxy groups -OCH3 is 1. The molecule has 0 radical (unpaired) electrons. The van der Waals surface area contributed by atoms with Crippen LogP contribution in [0.15, 0.2) is 36.4 Å². The van der Waals surface area contributed by atoms with Crippen LogP contribution in [0.4, 0.5) is 14.5 Å². The van der Waals surface area contributed by atoms with Gasteiger partial charge in [-0.25, -0.2) is 8.78 Å². The van der Waals surface area contributed by atoms with E-state index in [0.717, 1.165) is 17.0 Å². The van der Waals surface area contributed by atoms with Gasteiger partial charge in [0.25, 0.3) is 0 Å². The first-order valence-electron chi connectivity index (χ1n) is 6.38. The summed E-state index contributed by atoms with van der Waals surface area (Å²) in [5, 5.41) is 3.10. The van der Waals surface area contributed by atoms with Crippen molar-refractivity contribution in [1.82, 2.24) is 0 Å². The van der Waals surface area contributed by atoms with Crippen molar-refractivity contribution < 1.29 is 13.5 Å². The van der Waals surface area contributed by atoms with Gasteiger partial charge in [-0.2, -0.15) is 0 Å². The van der Waals surface area contributed by atoms with E-state index >= 15 is 0 Å². The van der Waals surface area contributed by atoms with Gasteiger partial charge in [0.1, 0.15) is 17.4 Å². The Hall–Kier alpha value is -2.10. The quantitative estimate of drug-likeness (QED) is 0.891. The van der Waals surface area contributed by atoms with Crippen LogP contribution >= 0.6 is 0 Å². The van der Waals surface area contributed by atoms with Crippen LogP contribution in [0.2, 0.25) is 0 Å². The van der Waals surface area contributed by atoms with Crippen molar-refractivity contribution in [3.8, 4) is 5.75 Å². The van der Waals surface area contributed by atoms with Crippen molar-refractivity contribution in [2.45, 2.75) is 19.9 Å². The molecule has 1 unspecified atom stereocenters. The van der Waals surface area contributed by atoms with Gasteiger partial charge in [-0.3, -0.25) is 0 Å². The first-order chi connectivity index (χ1) is 9.52. The first-order valence-corrected chi connectivity index (χ1v) is 6.38. The van der Waals surface area contributed by atoms with Crippen LogP contribution < -0.4 is 10.1 Å². The Morgan fingerprint density at radius 1 is 1.10 bits per heavy atom. The molecule has 106 valence electrons. The summed E-state index contributed by atoms with van der Waals surface area (Å²) in [5.41, 5.74) is 1.79. The highest BCUT2D eigenvalue weighted by molar-refractivity contribution is 5.52. The predicted octanol–water partition coefficient (Wildman–Crippen LogP) is 4.45. The molecule has 0 heterocycles. The SMILES string of the molecule is COc1ccc(NC(C)c2c(F)cccc2F)cc1C. The fourth-order valence-electron chi connectivity index (χ4n) is 2.21. The van der Waals surface area contributed by atoms with Crippen molar-refractivity contribution in [2.24, 2.45) is 0 Å². The summed E-state index contributed by atoms with van der Waals surface area (Å²) in [4.78, 5) is 0. The molecule has 0 fully saturated rings. The largest absolute Gasteiger partial charge is 0.496 e. The van der Waals surface area contributed by atoms with Crippen molar-refractivity contribution in [2.75, 3.05) is 12.4 Å². The average Bonchev–Trinajstić information content (AvgIpc) is 2.38. The smallest absolute Gasteiger partial charge is 0.131 e. The maximum Gasteiger partial charge on any atom is 0.131 e. The van der Waals surface area contributed by atoms with Gasteiger partial charge in [-0.1, -0.05) is 6.07 Å². The summed E-state index contributed by atoms with van der Waals surface area (Å²) < 4.78 is 32.6. The van der Waals surface area contributed by atoms with Crippen LogP contribution in [0, 0.1) is 18.6 Å². The minimum Gasteiger partial charge on any atom is -0.496 e. The van der Waals surface area contributed by atoms with E-state index in [1.165, 1.54) is 18.2 Å². The van der Waals surface area contributed by atoms with Crippen molar-refractivity contribution in [3.63, 3.8) is 0 Å². The van der Waals surface area contributed by atoms with E-state index in [1.54, 1.807) is 14.0 Å². The summed E-state index contributed by atoms with van der Waals surface area (Å²) >= 11 is 0. The number of nitrogens with one attached hydrogen (secondary N) is 1. The van der Waals surface area contributed by atoms with E-state index in [4.69, 9.17) is 4.74 Å². The molecule has 0 saturated heterocycles. The van der Waals surface area contributed by atoms with Gasteiger partial charge in [0.2, 0.25) is 0 Å². The molecule has 1 N–H and O–H groups in total. The molecular weight excluding hydrogens is 260 g/mol. The van der Waals surface area contributed by atoms with Gasteiger partial charge in [0.15, 0.2) is 0 Å². The highest BCUT2D eigenvalue weighted by Crippen LogP contribution is 2.27.